The molecule has 1 rings (SSSR count). The number of rotatable bonds is 7. The van der Waals surface area contributed by atoms with Crippen LogP contribution in [0.3, 0.4) is 0 Å². The topological polar surface area (TPSA) is 65.0 Å². The Morgan fingerprint density at radius 2 is 2.00 bits per heavy atom. The molecule has 0 unspecified atom stereocenters. The minimum absolute atomic E-state index is 0.0315. The first kappa shape index (κ1) is 17.1. The van der Waals surface area contributed by atoms with Crippen LogP contribution < -0.4 is 0 Å². The highest BCUT2D eigenvalue weighted by molar-refractivity contribution is 5.70. The molecule has 0 saturated heterocycles. The summed E-state index contributed by atoms with van der Waals surface area (Å²) in [6.45, 7) is 4.13. The summed E-state index contributed by atoms with van der Waals surface area (Å²) in [7, 11) is 4.61. The zero-order chi connectivity index (χ0) is 15.3. The maximum atomic E-state index is 11.7. The Morgan fingerprint density at radius 3 is 2.45 bits per heavy atom. The predicted molar refractivity (Wildman–Crippen MR) is 75.1 cm³/mol. The van der Waals surface area contributed by atoms with E-state index >= 15 is 0 Å². The summed E-state index contributed by atoms with van der Waals surface area (Å²) in [5.74, 6) is -0.184. The van der Waals surface area contributed by atoms with Crippen LogP contribution in [0.4, 0.5) is 0 Å². The van der Waals surface area contributed by atoms with Crippen LogP contribution in [-0.2, 0) is 19.0 Å². The van der Waals surface area contributed by atoms with Crippen molar-refractivity contribution in [1.82, 2.24) is 0 Å². The van der Waals surface area contributed by atoms with Crippen molar-refractivity contribution >= 4 is 5.97 Å². The largest absolute Gasteiger partial charge is 0.469 e. The van der Waals surface area contributed by atoms with Gasteiger partial charge in [-0.05, 0) is 30.3 Å². The molecule has 0 aromatic heterocycles. The number of aliphatic hydroxyl groups is 1. The third-order valence-corrected chi connectivity index (χ3v) is 4.49. The van der Waals surface area contributed by atoms with Crippen molar-refractivity contribution in [2.24, 2.45) is 11.3 Å². The van der Waals surface area contributed by atoms with Gasteiger partial charge in [-0.25, -0.2) is 0 Å². The zero-order valence-corrected chi connectivity index (χ0v) is 13.1. The fourth-order valence-corrected chi connectivity index (χ4v) is 3.21. The number of methoxy groups -OCH3 is 3. The molecule has 1 aliphatic rings. The molecule has 116 valence electrons. The minimum atomic E-state index is -0.314. The van der Waals surface area contributed by atoms with Crippen LogP contribution in [0, 0.1) is 11.3 Å². The minimum Gasteiger partial charge on any atom is -0.469 e. The molecule has 0 saturated carbocycles. The van der Waals surface area contributed by atoms with Crippen LogP contribution in [0.15, 0.2) is 11.1 Å². The molecule has 2 atom stereocenters. The van der Waals surface area contributed by atoms with E-state index in [2.05, 4.69) is 6.92 Å². The Bertz CT molecular complexity index is 372. The highest BCUT2D eigenvalue weighted by atomic mass is 16.7. The molecule has 1 aliphatic carbocycles. The van der Waals surface area contributed by atoms with Gasteiger partial charge in [0.15, 0.2) is 6.29 Å². The lowest BCUT2D eigenvalue weighted by atomic mass is 9.72. The van der Waals surface area contributed by atoms with Crippen LogP contribution in [-0.4, -0.2) is 45.3 Å². The molecule has 0 amide bonds. The second-order valence-electron chi connectivity index (χ2n) is 5.71. The third kappa shape index (κ3) is 3.59. The summed E-state index contributed by atoms with van der Waals surface area (Å²) in [5.41, 5.74) is 1.92. The molecule has 20 heavy (non-hydrogen) atoms. The van der Waals surface area contributed by atoms with Gasteiger partial charge >= 0.3 is 5.97 Å². The average Bonchev–Trinajstić information content (AvgIpc) is 2.69. The normalized spacial score (nSPS) is 26.4. The van der Waals surface area contributed by atoms with E-state index in [-0.39, 0.29) is 30.2 Å². The lowest BCUT2D eigenvalue weighted by Crippen LogP contribution is -2.32. The van der Waals surface area contributed by atoms with E-state index < -0.39 is 0 Å². The highest BCUT2D eigenvalue weighted by Crippen LogP contribution is 2.51. The first-order valence-electron chi connectivity index (χ1n) is 6.83. The Morgan fingerprint density at radius 1 is 1.40 bits per heavy atom. The molecule has 1 N–H and O–H groups in total. The maximum absolute atomic E-state index is 11.7. The molecule has 0 spiro atoms. The number of hydrogen-bond acceptors (Lipinski definition) is 5. The molecule has 5 heteroatoms. The quantitative estimate of drug-likeness (QED) is 0.440. The molecule has 0 aliphatic heterocycles. The molecule has 0 radical (unpaired) electrons. The molecule has 5 nitrogen and oxygen atoms in total. The van der Waals surface area contributed by atoms with Gasteiger partial charge in [-0.1, -0.05) is 12.5 Å². The summed E-state index contributed by atoms with van der Waals surface area (Å²) in [4.78, 5) is 11.7. The van der Waals surface area contributed by atoms with E-state index in [1.54, 1.807) is 14.2 Å². The van der Waals surface area contributed by atoms with Crippen molar-refractivity contribution in [3.8, 4) is 0 Å². The first-order valence-corrected chi connectivity index (χ1v) is 6.83. The van der Waals surface area contributed by atoms with Gasteiger partial charge in [0, 0.05) is 20.6 Å². The van der Waals surface area contributed by atoms with Gasteiger partial charge in [-0.15, -0.1) is 0 Å². The molecular weight excluding hydrogens is 260 g/mol. The number of carbonyl (C=O) groups is 1. The fraction of sp³-hybridized carbons (Fsp3) is 0.800. The second kappa shape index (κ2) is 7.20. The van der Waals surface area contributed by atoms with E-state index in [9.17, 15) is 9.90 Å². The third-order valence-electron chi connectivity index (χ3n) is 4.49. The predicted octanol–water partition coefficient (Wildman–Crippen LogP) is 1.89. The van der Waals surface area contributed by atoms with Crippen molar-refractivity contribution < 1.29 is 24.1 Å². The molecule has 0 fully saturated rings. The molecule has 0 bridgehead atoms. The number of allylic oxidation sites excluding steroid dienone is 1. The molecular formula is C15H26O5. The smallest absolute Gasteiger partial charge is 0.306 e. The average molecular weight is 286 g/mol. The first-order chi connectivity index (χ1) is 9.41. The van der Waals surface area contributed by atoms with Crippen molar-refractivity contribution in [1.29, 1.82) is 0 Å². The van der Waals surface area contributed by atoms with Gasteiger partial charge < -0.3 is 19.3 Å². The standard InChI is InChI=1S/C15H26O5/c1-10-11(9-16)7-15(2,8-14(19-4)20-5)12(10)6-13(17)18-3/h12,14,16H,6-9H2,1-5H3/t12-,15+/m1/s1. The summed E-state index contributed by atoms with van der Waals surface area (Å²) in [6, 6.07) is 0. The van der Waals surface area contributed by atoms with Crippen molar-refractivity contribution in [3.63, 3.8) is 0 Å². The lowest BCUT2D eigenvalue weighted by molar-refractivity contribution is -0.145. The number of aliphatic hydroxyl groups excluding tert-OH is 1. The van der Waals surface area contributed by atoms with E-state index in [0.717, 1.165) is 17.6 Å². The van der Waals surface area contributed by atoms with Gasteiger partial charge in [-0.2, -0.15) is 0 Å². The van der Waals surface area contributed by atoms with Gasteiger partial charge in [0.1, 0.15) is 0 Å². The van der Waals surface area contributed by atoms with Crippen molar-refractivity contribution in [2.75, 3.05) is 27.9 Å². The van der Waals surface area contributed by atoms with E-state index in [1.165, 1.54) is 7.11 Å². The van der Waals surface area contributed by atoms with E-state index in [4.69, 9.17) is 14.2 Å². The SMILES string of the molecule is COC(=O)C[C@@H]1C(C)=C(CO)C[C@@]1(C)CC(OC)OC. The number of ether oxygens (including phenoxy) is 3. The summed E-state index contributed by atoms with van der Waals surface area (Å²) < 4.78 is 15.4. The molecule has 0 aromatic rings. The number of hydrogen-bond donors (Lipinski definition) is 1. The monoisotopic (exact) mass is 286 g/mol. The van der Waals surface area contributed by atoms with Crippen LogP contribution >= 0.6 is 0 Å². The summed E-state index contributed by atoms with van der Waals surface area (Å²) in [5, 5.41) is 9.49. The van der Waals surface area contributed by atoms with Crippen molar-refractivity contribution in [2.45, 2.75) is 39.4 Å². The molecule has 0 aromatic carbocycles. The van der Waals surface area contributed by atoms with Gasteiger partial charge in [0.05, 0.1) is 20.1 Å². The summed E-state index contributed by atoms with van der Waals surface area (Å²) >= 11 is 0. The highest BCUT2D eigenvalue weighted by Gasteiger charge is 2.44. The van der Waals surface area contributed by atoms with Gasteiger partial charge in [0.2, 0.25) is 0 Å². The zero-order valence-electron chi connectivity index (χ0n) is 13.1. The van der Waals surface area contributed by atoms with Crippen LogP contribution in [0.2, 0.25) is 0 Å². The number of esters is 1. The van der Waals surface area contributed by atoms with Crippen LogP contribution in [0.5, 0.6) is 0 Å². The Kier molecular flexibility index (Phi) is 6.17. The van der Waals surface area contributed by atoms with Crippen LogP contribution in [0.1, 0.15) is 33.1 Å². The number of carbonyl (C=O) groups excluding carboxylic acids is 1. The molecule has 0 heterocycles. The maximum Gasteiger partial charge on any atom is 0.306 e. The second-order valence-corrected chi connectivity index (χ2v) is 5.71. The van der Waals surface area contributed by atoms with E-state index in [1.807, 2.05) is 6.92 Å². The fourth-order valence-electron chi connectivity index (χ4n) is 3.21. The van der Waals surface area contributed by atoms with Gasteiger partial charge in [0.25, 0.3) is 0 Å². The summed E-state index contributed by atoms with van der Waals surface area (Å²) in [6.07, 6.45) is 1.43. The lowest BCUT2D eigenvalue weighted by Gasteiger charge is -2.35. The van der Waals surface area contributed by atoms with E-state index in [0.29, 0.717) is 12.8 Å². The van der Waals surface area contributed by atoms with Crippen LogP contribution in [0.25, 0.3) is 0 Å². The Labute approximate surface area is 120 Å². The van der Waals surface area contributed by atoms with Crippen molar-refractivity contribution in [3.05, 3.63) is 11.1 Å². The Balaban J connectivity index is 2.95. The van der Waals surface area contributed by atoms with Gasteiger partial charge in [-0.3, -0.25) is 4.79 Å². The Hall–Kier alpha value is -0.910.